The van der Waals surface area contributed by atoms with Crippen molar-refractivity contribution in [1.29, 1.82) is 0 Å². The second-order valence-electron chi connectivity index (χ2n) is 8.53. The van der Waals surface area contributed by atoms with Crippen LogP contribution in [0, 0.1) is 6.92 Å². The van der Waals surface area contributed by atoms with Crippen molar-refractivity contribution >= 4 is 16.6 Å². The molecule has 1 saturated heterocycles. The Kier molecular flexibility index (Phi) is 5.72. The minimum Gasteiger partial charge on any atom is -0.493 e. The third-order valence-electron chi connectivity index (χ3n) is 6.33. The fourth-order valence-electron chi connectivity index (χ4n) is 4.75. The fourth-order valence-corrected chi connectivity index (χ4v) is 4.75. The van der Waals surface area contributed by atoms with Crippen molar-refractivity contribution < 1.29 is 13.9 Å². The maximum absolute atomic E-state index is 6.15. The van der Waals surface area contributed by atoms with Gasteiger partial charge < -0.3 is 24.1 Å². The lowest BCUT2D eigenvalue weighted by Gasteiger charge is -2.23. The monoisotopic (exact) mass is 421 g/mol. The van der Waals surface area contributed by atoms with Gasteiger partial charge in [-0.15, -0.1) is 0 Å². The standard InChI is InChI=1S/C25H31N3O3/c1-17-8-9-21(31-17)25-18-7-5-10-26-24(18)19-15-22(29-2)23(16-20(19)27-25)30-14-6-13-28-11-3-4-12-28/h8-9,15-16,26H,3-7,10-14H2,1-2H3. The highest BCUT2D eigenvalue weighted by atomic mass is 16.5. The lowest BCUT2D eigenvalue weighted by molar-refractivity contribution is 0.254. The third-order valence-corrected chi connectivity index (χ3v) is 6.33. The Morgan fingerprint density at radius 2 is 2.00 bits per heavy atom. The second kappa shape index (κ2) is 8.79. The van der Waals surface area contributed by atoms with Crippen LogP contribution >= 0.6 is 0 Å². The van der Waals surface area contributed by atoms with Crippen LogP contribution in [0.3, 0.4) is 0 Å². The highest BCUT2D eigenvalue weighted by Gasteiger charge is 2.22. The van der Waals surface area contributed by atoms with Crippen LogP contribution in [0.15, 0.2) is 28.7 Å². The molecule has 3 aromatic rings. The zero-order chi connectivity index (χ0) is 21.2. The molecular weight excluding hydrogens is 390 g/mol. The molecule has 1 aromatic carbocycles. The summed E-state index contributed by atoms with van der Waals surface area (Å²) in [7, 11) is 1.70. The lowest BCUT2D eigenvalue weighted by atomic mass is 9.97. The number of aryl methyl sites for hydroxylation is 1. The molecule has 0 unspecified atom stereocenters. The Hall–Kier alpha value is -2.73. The van der Waals surface area contributed by atoms with Gasteiger partial charge in [-0.2, -0.15) is 0 Å². The van der Waals surface area contributed by atoms with Crippen molar-refractivity contribution in [3.05, 3.63) is 35.6 Å². The van der Waals surface area contributed by atoms with E-state index in [0.29, 0.717) is 6.61 Å². The highest BCUT2D eigenvalue weighted by Crippen LogP contribution is 2.41. The van der Waals surface area contributed by atoms with Crippen molar-refractivity contribution in [2.24, 2.45) is 0 Å². The summed E-state index contributed by atoms with van der Waals surface area (Å²) in [4.78, 5) is 7.53. The number of fused-ring (bicyclic) bond motifs is 3. The molecule has 1 N–H and O–H groups in total. The third kappa shape index (κ3) is 4.09. The number of ether oxygens (including phenoxy) is 2. The molecule has 1 fully saturated rings. The number of methoxy groups -OCH3 is 1. The first-order valence-electron chi connectivity index (χ1n) is 11.4. The van der Waals surface area contributed by atoms with E-state index in [2.05, 4.69) is 16.3 Å². The first-order chi connectivity index (χ1) is 15.2. The molecule has 0 atom stereocenters. The first kappa shape index (κ1) is 20.2. The van der Waals surface area contributed by atoms with Gasteiger partial charge in [-0.05, 0) is 70.3 Å². The minimum absolute atomic E-state index is 0.672. The predicted octanol–water partition coefficient (Wildman–Crippen LogP) is 5.03. The van der Waals surface area contributed by atoms with Crippen molar-refractivity contribution in [1.82, 2.24) is 9.88 Å². The summed E-state index contributed by atoms with van der Waals surface area (Å²) in [5.74, 6) is 3.22. The Bertz CT molecular complexity index is 1070. The topological polar surface area (TPSA) is 59.8 Å². The molecule has 2 aliphatic heterocycles. The van der Waals surface area contributed by atoms with Crippen LogP contribution in [-0.4, -0.2) is 49.8 Å². The molecule has 2 aromatic heterocycles. The van der Waals surface area contributed by atoms with E-state index in [9.17, 15) is 0 Å². The summed E-state index contributed by atoms with van der Waals surface area (Å²) in [6, 6.07) is 8.08. The average Bonchev–Trinajstić information content (AvgIpc) is 3.47. The quantitative estimate of drug-likeness (QED) is 0.540. The molecule has 2 aliphatic rings. The number of pyridine rings is 1. The molecule has 164 valence electrons. The summed E-state index contributed by atoms with van der Waals surface area (Å²) in [6.45, 7) is 7.13. The number of benzene rings is 1. The Morgan fingerprint density at radius 1 is 1.13 bits per heavy atom. The first-order valence-corrected chi connectivity index (χ1v) is 11.4. The number of hydrogen-bond acceptors (Lipinski definition) is 6. The van der Waals surface area contributed by atoms with Crippen molar-refractivity contribution in [3.63, 3.8) is 0 Å². The van der Waals surface area contributed by atoms with E-state index in [0.717, 1.165) is 77.7 Å². The van der Waals surface area contributed by atoms with Gasteiger partial charge in [0.15, 0.2) is 17.3 Å². The number of hydrogen-bond donors (Lipinski definition) is 1. The van der Waals surface area contributed by atoms with Crippen LogP contribution in [0.4, 0.5) is 5.69 Å². The van der Waals surface area contributed by atoms with E-state index in [4.69, 9.17) is 18.9 Å². The zero-order valence-corrected chi connectivity index (χ0v) is 18.5. The largest absolute Gasteiger partial charge is 0.493 e. The molecule has 0 radical (unpaired) electrons. The Morgan fingerprint density at radius 3 is 2.77 bits per heavy atom. The smallest absolute Gasteiger partial charge is 0.163 e. The van der Waals surface area contributed by atoms with Crippen molar-refractivity contribution in [3.8, 4) is 23.0 Å². The molecule has 0 spiro atoms. The number of aromatic nitrogens is 1. The maximum Gasteiger partial charge on any atom is 0.163 e. The summed E-state index contributed by atoms with van der Waals surface area (Å²) in [5.41, 5.74) is 4.18. The Balaban J connectivity index is 1.47. The highest BCUT2D eigenvalue weighted by molar-refractivity contribution is 5.98. The van der Waals surface area contributed by atoms with Gasteiger partial charge in [0.1, 0.15) is 11.5 Å². The molecule has 0 bridgehead atoms. The maximum atomic E-state index is 6.15. The average molecular weight is 422 g/mol. The van der Waals surface area contributed by atoms with E-state index >= 15 is 0 Å². The van der Waals surface area contributed by atoms with Crippen molar-refractivity contribution in [2.75, 3.05) is 45.2 Å². The van der Waals surface area contributed by atoms with Crippen LogP contribution in [0.25, 0.3) is 22.4 Å². The summed E-state index contributed by atoms with van der Waals surface area (Å²) < 4.78 is 17.8. The van der Waals surface area contributed by atoms with Crippen LogP contribution in [0.1, 0.15) is 37.0 Å². The van der Waals surface area contributed by atoms with Crippen LogP contribution < -0.4 is 14.8 Å². The summed E-state index contributed by atoms with van der Waals surface area (Å²) >= 11 is 0. The van der Waals surface area contributed by atoms with E-state index < -0.39 is 0 Å². The van der Waals surface area contributed by atoms with Gasteiger partial charge in [0.2, 0.25) is 0 Å². The molecule has 0 aliphatic carbocycles. The molecule has 0 amide bonds. The fraction of sp³-hybridized carbons (Fsp3) is 0.480. The molecule has 4 heterocycles. The summed E-state index contributed by atoms with van der Waals surface area (Å²) in [5, 5.41) is 4.67. The van der Waals surface area contributed by atoms with Gasteiger partial charge in [-0.25, -0.2) is 4.98 Å². The van der Waals surface area contributed by atoms with Gasteiger partial charge in [0.25, 0.3) is 0 Å². The van der Waals surface area contributed by atoms with Crippen LogP contribution in [-0.2, 0) is 6.42 Å². The SMILES string of the molecule is COc1cc2c3c(c(-c4ccc(C)o4)nc2cc1OCCCN1CCCC1)CCCN3. The van der Waals surface area contributed by atoms with Gasteiger partial charge in [-0.1, -0.05) is 0 Å². The van der Waals surface area contributed by atoms with Gasteiger partial charge in [0, 0.05) is 35.8 Å². The van der Waals surface area contributed by atoms with Crippen LogP contribution in [0.5, 0.6) is 11.5 Å². The lowest BCUT2D eigenvalue weighted by Crippen LogP contribution is -2.22. The van der Waals surface area contributed by atoms with E-state index in [1.165, 1.54) is 31.5 Å². The van der Waals surface area contributed by atoms with Crippen LogP contribution in [0.2, 0.25) is 0 Å². The number of rotatable bonds is 7. The van der Waals surface area contributed by atoms with E-state index in [1.54, 1.807) is 7.11 Å². The van der Waals surface area contributed by atoms with E-state index in [-0.39, 0.29) is 0 Å². The number of anilines is 1. The number of furan rings is 1. The number of likely N-dealkylation sites (tertiary alicyclic amines) is 1. The predicted molar refractivity (Wildman–Crippen MR) is 123 cm³/mol. The van der Waals surface area contributed by atoms with Crippen molar-refractivity contribution in [2.45, 2.75) is 39.0 Å². The molecule has 6 nitrogen and oxygen atoms in total. The summed E-state index contributed by atoms with van der Waals surface area (Å²) in [6.07, 6.45) is 5.72. The molecular formula is C25H31N3O3. The molecule has 6 heteroatoms. The van der Waals surface area contributed by atoms with Gasteiger partial charge in [0.05, 0.1) is 19.2 Å². The molecule has 0 saturated carbocycles. The molecule has 31 heavy (non-hydrogen) atoms. The van der Waals surface area contributed by atoms with Gasteiger partial charge in [-0.3, -0.25) is 0 Å². The zero-order valence-electron chi connectivity index (χ0n) is 18.5. The second-order valence-corrected chi connectivity index (χ2v) is 8.53. The van der Waals surface area contributed by atoms with Gasteiger partial charge >= 0.3 is 0 Å². The van der Waals surface area contributed by atoms with E-state index in [1.807, 2.05) is 25.1 Å². The minimum atomic E-state index is 0.672. The Labute approximate surface area is 183 Å². The number of nitrogens with zero attached hydrogens (tertiary/aromatic N) is 2. The normalized spacial score (nSPS) is 16.3. The number of nitrogens with one attached hydrogen (secondary N) is 1. The molecule has 5 rings (SSSR count).